The molecule has 3 aromatic carbocycles. The Balaban J connectivity index is 1.28. The van der Waals surface area contributed by atoms with Crippen molar-refractivity contribution in [2.75, 3.05) is 17.2 Å². The Morgan fingerprint density at radius 3 is 2.42 bits per heavy atom. The van der Waals surface area contributed by atoms with Crippen LogP contribution >= 0.6 is 23.2 Å². The van der Waals surface area contributed by atoms with Crippen LogP contribution < -0.4 is 16.2 Å². The summed E-state index contributed by atoms with van der Waals surface area (Å²) in [6, 6.07) is 26.2. The molecule has 0 aliphatic carbocycles. The normalized spacial score (nSPS) is 12.5. The molecule has 2 aromatic heterocycles. The van der Waals surface area contributed by atoms with E-state index in [2.05, 4.69) is 27.8 Å². The smallest absolute Gasteiger partial charge is 0.322 e. The minimum absolute atomic E-state index is 0.125. The van der Waals surface area contributed by atoms with Crippen molar-refractivity contribution >= 4 is 40.9 Å². The molecule has 5 aromatic rings. The molecular weight excluding hydrogens is 583 g/mol. The average Bonchev–Trinajstić information content (AvgIpc) is 3.03. The van der Waals surface area contributed by atoms with Gasteiger partial charge >= 0.3 is 6.03 Å². The number of anilines is 2. The summed E-state index contributed by atoms with van der Waals surface area (Å²) in [6.07, 6.45) is 4.80. The Labute approximate surface area is 259 Å². The van der Waals surface area contributed by atoms with E-state index in [1.165, 1.54) is 11.1 Å². The summed E-state index contributed by atoms with van der Waals surface area (Å²) in [5.41, 5.74) is 5.53. The molecule has 0 bridgehead atoms. The minimum atomic E-state index is -0.353. The van der Waals surface area contributed by atoms with Crippen LogP contribution in [0.4, 0.5) is 16.4 Å². The van der Waals surface area contributed by atoms with Crippen LogP contribution in [0.25, 0.3) is 5.69 Å². The van der Waals surface area contributed by atoms with Crippen molar-refractivity contribution in [2.45, 2.75) is 25.9 Å². The summed E-state index contributed by atoms with van der Waals surface area (Å²) >= 11 is 12.3. The van der Waals surface area contributed by atoms with Crippen molar-refractivity contribution in [1.29, 1.82) is 0 Å². The molecule has 0 saturated heterocycles. The number of rotatable bonds is 7. The van der Waals surface area contributed by atoms with Crippen LogP contribution in [0.2, 0.25) is 10.0 Å². The highest BCUT2D eigenvalue weighted by molar-refractivity contribution is 6.36. The number of carbonyl (C=O) groups is 1. The Kier molecular flexibility index (Phi) is 8.40. The Morgan fingerprint density at radius 1 is 0.907 bits per heavy atom. The minimum Gasteiger partial charge on any atom is -0.351 e. The van der Waals surface area contributed by atoms with E-state index in [0.717, 1.165) is 12.0 Å². The Hall–Kier alpha value is -4.66. The molecule has 1 aliphatic rings. The molecule has 2 N–H and O–H groups in total. The summed E-state index contributed by atoms with van der Waals surface area (Å²) in [4.78, 5) is 37.8. The Bertz CT molecular complexity index is 1830. The molecule has 0 spiro atoms. The van der Waals surface area contributed by atoms with Gasteiger partial charge in [-0.15, -0.1) is 0 Å². The van der Waals surface area contributed by atoms with Crippen LogP contribution in [0.5, 0.6) is 0 Å². The number of aromatic nitrogens is 3. The monoisotopic (exact) mass is 610 g/mol. The zero-order valence-electron chi connectivity index (χ0n) is 23.1. The highest BCUT2D eigenvalue weighted by Crippen LogP contribution is 2.27. The Morgan fingerprint density at radius 2 is 1.65 bits per heavy atom. The van der Waals surface area contributed by atoms with E-state index in [0.29, 0.717) is 58.1 Å². The summed E-state index contributed by atoms with van der Waals surface area (Å²) in [5, 5.41) is 7.08. The number of para-hydroxylation sites is 1. The molecule has 2 amide bonds. The van der Waals surface area contributed by atoms with Gasteiger partial charge in [0.25, 0.3) is 5.56 Å². The predicted molar refractivity (Wildman–Crippen MR) is 170 cm³/mol. The quantitative estimate of drug-likeness (QED) is 0.213. The molecule has 6 rings (SSSR count). The number of pyridine rings is 1. The lowest BCUT2D eigenvalue weighted by Gasteiger charge is -2.29. The molecule has 216 valence electrons. The third-order valence-electron chi connectivity index (χ3n) is 7.40. The SMILES string of the molecule is O=C(Nc1ccc(Cl)cc1Cl)N1CCc2nc(NCc3ccccc3Cc3ccncc3)n(-c3ccccc3)c(=O)c2C1. The maximum absolute atomic E-state index is 14.1. The standard InChI is InChI=1S/C33H28Cl2N6O2/c34-25-10-11-30(28(35)19-25)39-33(43)40-17-14-29-27(21-40)31(42)41(26-8-2-1-3-9-26)32(38-29)37-20-24-7-5-4-6-23(24)18-22-12-15-36-16-13-22/h1-13,15-16,19H,14,17-18,20-21H2,(H,37,38)(H,39,43). The van der Waals surface area contributed by atoms with Gasteiger partial charge in [-0.25, -0.2) is 14.3 Å². The number of hydrogen-bond acceptors (Lipinski definition) is 5. The van der Waals surface area contributed by atoms with Crippen LogP contribution in [-0.2, 0) is 25.9 Å². The molecule has 0 fully saturated rings. The topological polar surface area (TPSA) is 92.2 Å². The zero-order chi connectivity index (χ0) is 29.8. The first kappa shape index (κ1) is 28.5. The van der Waals surface area contributed by atoms with Gasteiger partial charge in [0.15, 0.2) is 0 Å². The number of carbonyl (C=O) groups excluding carboxylic acids is 1. The number of halogens is 2. The zero-order valence-corrected chi connectivity index (χ0v) is 24.6. The molecule has 0 saturated carbocycles. The number of nitrogens with zero attached hydrogens (tertiary/aromatic N) is 4. The highest BCUT2D eigenvalue weighted by atomic mass is 35.5. The lowest BCUT2D eigenvalue weighted by atomic mass is 10.0. The number of hydrogen-bond donors (Lipinski definition) is 2. The number of benzene rings is 3. The maximum atomic E-state index is 14.1. The van der Waals surface area contributed by atoms with E-state index in [1.807, 2.05) is 54.6 Å². The van der Waals surface area contributed by atoms with Crippen molar-refractivity contribution in [2.24, 2.45) is 0 Å². The van der Waals surface area contributed by atoms with Crippen LogP contribution in [0.1, 0.15) is 27.9 Å². The maximum Gasteiger partial charge on any atom is 0.322 e. The van der Waals surface area contributed by atoms with Gasteiger partial charge in [-0.2, -0.15) is 0 Å². The fourth-order valence-electron chi connectivity index (χ4n) is 5.17. The third kappa shape index (κ3) is 6.40. The predicted octanol–water partition coefficient (Wildman–Crippen LogP) is 6.73. The van der Waals surface area contributed by atoms with Crippen LogP contribution in [-0.4, -0.2) is 32.0 Å². The van der Waals surface area contributed by atoms with E-state index < -0.39 is 0 Å². The van der Waals surface area contributed by atoms with E-state index >= 15 is 0 Å². The molecule has 43 heavy (non-hydrogen) atoms. The molecule has 3 heterocycles. The van der Waals surface area contributed by atoms with E-state index in [1.54, 1.807) is 40.1 Å². The molecule has 10 heteroatoms. The number of amides is 2. The first-order valence-electron chi connectivity index (χ1n) is 13.9. The highest BCUT2D eigenvalue weighted by Gasteiger charge is 2.27. The van der Waals surface area contributed by atoms with Crippen molar-refractivity contribution in [1.82, 2.24) is 19.4 Å². The van der Waals surface area contributed by atoms with E-state index in [-0.39, 0.29) is 18.1 Å². The lowest BCUT2D eigenvalue weighted by Crippen LogP contribution is -2.43. The van der Waals surface area contributed by atoms with Crippen molar-refractivity contribution in [3.63, 3.8) is 0 Å². The third-order valence-corrected chi connectivity index (χ3v) is 7.95. The summed E-state index contributed by atoms with van der Waals surface area (Å²) in [5.74, 6) is 0.458. The van der Waals surface area contributed by atoms with Crippen molar-refractivity contribution in [3.05, 3.63) is 146 Å². The number of urea groups is 1. The van der Waals surface area contributed by atoms with Gasteiger partial charge in [0.2, 0.25) is 5.95 Å². The van der Waals surface area contributed by atoms with Gasteiger partial charge in [0.05, 0.1) is 34.2 Å². The van der Waals surface area contributed by atoms with E-state index in [9.17, 15) is 9.59 Å². The number of fused-ring (bicyclic) bond motifs is 1. The second-order valence-electron chi connectivity index (χ2n) is 10.2. The average molecular weight is 612 g/mol. The summed E-state index contributed by atoms with van der Waals surface area (Å²) in [6.45, 7) is 1.01. The molecule has 0 atom stereocenters. The first-order chi connectivity index (χ1) is 21.0. The van der Waals surface area contributed by atoms with Crippen LogP contribution in [0.3, 0.4) is 0 Å². The van der Waals surface area contributed by atoms with Gasteiger partial charge < -0.3 is 15.5 Å². The van der Waals surface area contributed by atoms with Crippen LogP contribution in [0, 0.1) is 0 Å². The molecule has 0 unspecified atom stereocenters. The lowest BCUT2D eigenvalue weighted by molar-refractivity contribution is 0.205. The van der Waals surface area contributed by atoms with Gasteiger partial charge in [-0.05, 0) is 65.6 Å². The molecule has 1 aliphatic heterocycles. The summed E-state index contributed by atoms with van der Waals surface area (Å²) < 4.78 is 1.59. The van der Waals surface area contributed by atoms with Gasteiger partial charge in [-0.3, -0.25) is 9.78 Å². The second-order valence-corrected chi connectivity index (χ2v) is 11.1. The first-order valence-corrected chi connectivity index (χ1v) is 14.6. The fraction of sp³-hybridized carbons (Fsp3) is 0.152. The van der Waals surface area contributed by atoms with Gasteiger partial charge in [0.1, 0.15) is 0 Å². The van der Waals surface area contributed by atoms with Gasteiger partial charge in [-0.1, -0.05) is 65.7 Å². The molecular formula is C33H28Cl2N6O2. The molecule has 0 radical (unpaired) electrons. The largest absolute Gasteiger partial charge is 0.351 e. The van der Waals surface area contributed by atoms with Crippen LogP contribution in [0.15, 0.2) is 102 Å². The second kappa shape index (κ2) is 12.7. The summed E-state index contributed by atoms with van der Waals surface area (Å²) in [7, 11) is 0. The van der Waals surface area contributed by atoms with E-state index in [4.69, 9.17) is 28.2 Å². The number of nitrogens with one attached hydrogen (secondary N) is 2. The van der Waals surface area contributed by atoms with Crippen molar-refractivity contribution in [3.8, 4) is 5.69 Å². The fourth-order valence-corrected chi connectivity index (χ4v) is 5.62. The van der Waals surface area contributed by atoms with Gasteiger partial charge in [0, 0.05) is 36.9 Å². The molecule has 8 nitrogen and oxygen atoms in total. The van der Waals surface area contributed by atoms with Crippen molar-refractivity contribution < 1.29 is 4.79 Å².